The van der Waals surface area contributed by atoms with Crippen molar-refractivity contribution < 1.29 is 8.97 Å². The Bertz CT molecular complexity index is 1080. The number of quaternary nitrogens is 2. The molecule has 0 aliphatic rings. The van der Waals surface area contributed by atoms with Crippen LogP contribution >= 0.6 is 0 Å². The zero-order chi connectivity index (χ0) is 24.7. The lowest BCUT2D eigenvalue weighted by atomic mass is 10.2. The van der Waals surface area contributed by atoms with Gasteiger partial charge in [0.15, 0.2) is 0 Å². The maximum absolute atomic E-state index is 4.42. The van der Waals surface area contributed by atoms with Gasteiger partial charge in [0.05, 0.1) is 66.8 Å². The average molecular weight is 475 g/mol. The van der Waals surface area contributed by atoms with Crippen LogP contribution in [0.2, 0.25) is 0 Å². The quantitative estimate of drug-likeness (QED) is 0.296. The molecule has 0 aliphatic carbocycles. The third-order valence-corrected chi connectivity index (χ3v) is 6.25. The summed E-state index contributed by atoms with van der Waals surface area (Å²) in [5.74, 6) is 0. The second kappa shape index (κ2) is 10.9. The summed E-state index contributed by atoms with van der Waals surface area (Å²) in [4.78, 5) is 0. The van der Waals surface area contributed by atoms with Crippen LogP contribution in [0.5, 0.6) is 0 Å². The van der Waals surface area contributed by atoms with Crippen molar-refractivity contribution in [1.29, 1.82) is 0 Å². The van der Waals surface area contributed by atoms with Crippen molar-refractivity contribution in [2.24, 2.45) is 0 Å². The SMILES string of the molecule is C[N+](C)(CCC[N+](C)(C)Cc1cn(Cc2ccccc2)nn1)Cc1cn(Cc2ccccc2)nn1. The smallest absolute Gasteiger partial charge is 0.137 e. The van der Waals surface area contributed by atoms with E-state index in [1.165, 1.54) is 11.1 Å². The lowest BCUT2D eigenvalue weighted by Crippen LogP contribution is -2.44. The molecule has 2 aromatic heterocycles. The van der Waals surface area contributed by atoms with Crippen LogP contribution < -0.4 is 0 Å². The Morgan fingerprint density at radius 2 is 1.00 bits per heavy atom. The Morgan fingerprint density at radius 3 is 1.40 bits per heavy atom. The first-order chi connectivity index (χ1) is 16.8. The Morgan fingerprint density at radius 1 is 0.600 bits per heavy atom. The Hall–Kier alpha value is -3.36. The van der Waals surface area contributed by atoms with Gasteiger partial charge >= 0.3 is 0 Å². The average Bonchev–Trinajstić information content (AvgIpc) is 3.43. The van der Waals surface area contributed by atoms with Gasteiger partial charge in [0, 0.05) is 6.42 Å². The highest BCUT2D eigenvalue weighted by atomic mass is 15.4. The molecule has 35 heavy (non-hydrogen) atoms. The van der Waals surface area contributed by atoms with Gasteiger partial charge in [-0.25, -0.2) is 9.36 Å². The minimum Gasteiger partial charge on any atom is -0.323 e. The van der Waals surface area contributed by atoms with Crippen molar-refractivity contribution in [3.05, 3.63) is 95.6 Å². The van der Waals surface area contributed by atoms with Crippen molar-refractivity contribution in [3.8, 4) is 0 Å². The number of hydrogen-bond donors (Lipinski definition) is 0. The van der Waals surface area contributed by atoms with E-state index in [0.717, 1.165) is 66.0 Å². The lowest BCUT2D eigenvalue weighted by molar-refractivity contribution is -0.922. The largest absolute Gasteiger partial charge is 0.323 e. The highest BCUT2D eigenvalue weighted by Gasteiger charge is 2.23. The molecule has 0 radical (unpaired) electrons. The summed E-state index contributed by atoms with van der Waals surface area (Å²) in [7, 11) is 9.08. The van der Waals surface area contributed by atoms with E-state index in [2.05, 4.69) is 110 Å². The van der Waals surface area contributed by atoms with Crippen molar-refractivity contribution in [3.63, 3.8) is 0 Å². The molecule has 4 aromatic rings. The molecule has 2 aromatic carbocycles. The molecule has 0 amide bonds. The van der Waals surface area contributed by atoms with E-state index >= 15 is 0 Å². The normalized spacial score (nSPS) is 12.2. The molecule has 0 unspecified atom stereocenters. The summed E-state index contributed by atoms with van der Waals surface area (Å²) < 4.78 is 5.62. The summed E-state index contributed by atoms with van der Waals surface area (Å²) in [6.07, 6.45) is 5.27. The fourth-order valence-electron chi connectivity index (χ4n) is 4.48. The zero-order valence-corrected chi connectivity index (χ0v) is 21.5. The molecule has 0 aliphatic heterocycles. The Balaban J connectivity index is 1.23. The predicted molar refractivity (Wildman–Crippen MR) is 137 cm³/mol. The Labute approximate surface area is 208 Å². The van der Waals surface area contributed by atoms with Crippen LogP contribution in [0.15, 0.2) is 73.1 Å². The molecule has 8 nitrogen and oxygen atoms in total. The van der Waals surface area contributed by atoms with Crippen molar-refractivity contribution in [2.45, 2.75) is 32.6 Å². The number of benzene rings is 2. The topological polar surface area (TPSA) is 61.4 Å². The van der Waals surface area contributed by atoms with Crippen LogP contribution in [0, 0.1) is 0 Å². The minimum absolute atomic E-state index is 0.753. The van der Waals surface area contributed by atoms with Crippen LogP contribution in [0.4, 0.5) is 0 Å². The van der Waals surface area contributed by atoms with Crippen LogP contribution in [0.1, 0.15) is 28.9 Å². The number of rotatable bonds is 12. The monoisotopic (exact) mass is 474 g/mol. The lowest BCUT2D eigenvalue weighted by Gasteiger charge is -2.32. The molecule has 2 heterocycles. The number of nitrogens with zero attached hydrogens (tertiary/aromatic N) is 8. The van der Waals surface area contributed by atoms with Crippen LogP contribution in [-0.4, -0.2) is 80.2 Å². The first-order valence-corrected chi connectivity index (χ1v) is 12.3. The molecule has 4 rings (SSSR count). The van der Waals surface area contributed by atoms with E-state index in [9.17, 15) is 0 Å². The fourth-order valence-corrected chi connectivity index (χ4v) is 4.48. The third kappa shape index (κ3) is 7.83. The molecule has 0 saturated carbocycles. The van der Waals surface area contributed by atoms with Crippen molar-refractivity contribution in [1.82, 2.24) is 30.0 Å². The zero-order valence-electron chi connectivity index (χ0n) is 21.5. The van der Waals surface area contributed by atoms with Gasteiger partial charge in [-0.3, -0.25) is 0 Å². The minimum atomic E-state index is 0.753. The first-order valence-electron chi connectivity index (χ1n) is 12.3. The van der Waals surface area contributed by atoms with Crippen LogP contribution in [0.3, 0.4) is 0 Å². The van der Waals surface area contributed by atoms with Gasteiger partial charge < -0.3 is 8.97 Å². The maximum atomic E-state index is 4.42. The van der Waals surface area contributed by atoms with Crippen molar-refractivity contribution in [2.75, 3.05) is 41.3 Å². The fraction of sp³-hybridized carbons (Fsp3) is 0.407. The van der Waals surface area contributed by atoms with E-state index in [1.54, 1.807) is 0 Å². The van der Waals surface area contributed by atoms with E-state index in [-0.39, 0.29) is 0 Å². The van der Waals surface area contributed by atoms with Gasteiger partial charge in [-0.1, -0.05) is 71.1 Å². The van der Waals surface area contributed by atoms with Gasteiger partial charge in [0.2, 0.25) is 0 Å². The highest BCUT2D eigenvalue weighted by molar-refractivity contribution is 5.15. The van der Waals surface area contributed by atoms with Gasteiger partial charge in [0.25, 0.3) is 0 Å². The van der Waals surface area contributed by atoms with E-state index in [4.69, 9.17) is 0 Å². The summed E-state index contributed by atoms with van der Waals surface area (Å²) in [5, 5.41) is 17.5. The summed E-state index contributed by atoms with van der Waals surface area (Å²) in [6, 6.07) is 20.8. The summed E-state index contributed by atoms with van der Waals surface area (Å²) in [5.41, 5.74) is 4.54. The summed E-state index contributed by atoms with van der Waals surface area (Å²) >= 11 is 0. The van der Waals surface area contributed by atoms with Crippen LogP contribution in [-0.2, 0) is 26.2 Å². The van der Waals surface area contributed by atoms with Gasteiger partial charge in [-0.15, -0.1) is 10.2 Å². The van der Waals surface area contributed by atoms with Crippen LogP contribution in [0.25, 0.3) is 0 Å². The van der Waals surface area contributed by atoms with E-state index in [0.29, 0.717) is 0 Å². The molecule has 8 heteroatoms. The Kier molecular flexibility index (Phi) is 7.73. The molecule has 0 fully saturated rings. The van der Waals surface area contributed by atoms with Gasteiger partial charge in [0.1, 0.15) is 24.5 Å². The number of hydrogen-bond acceptors (Lipinski definition) is 4. The molecular formula is C27H38N8+2. The highest BCUT2D eigenvalue weighted by Crippen LogP contribution is 2.13. The molecule has 0 atom stereocenters. The summed E-state index contributed by atoms with van der Waals surface area (Å²) in [6.45, 7) is 5.40. The van der Waals surface area contributed by atoms with Gasteiger partial charge in [-0.05, 0) is 11.1 Å². The molecule has 0 saturated heterocycles. The number of aromatic nitrogens is 6. The maximum Gasteiger partial charge on any atom is 0.137 e. The molecule has 0 spiro atoms. The second-order valence-corrected chi connectivity index (χ2v) is 10.8. The molecule has 0 N–H and O–H groups in total. The molecule has 0 bridgehead atoms. The predicted octanol–water partition coefficient (Wildman–Crippen LogP) is 3.21. The standard InChI is InChI=1S/C27H38N8/c1-34(2,22-26-20-32(30-28-26)18-24-12-7-5-8-13-24)16-11-17-35(3,4)23-27-21-33(31-29-27)19-25-14-9-6-10-15-25/h5-10,12-15,20-21H,11,16-19,22-23H2,1-4H3/q+2. The second-order valence-electron chi connectivity index (χ2n) is 10.8. The van der Waals surface area contributed by atoms with Crippen molar-refractivity contribution >= 4 is 0 Å². The van der Waals surface area contributed by atoms with E-state index in [1.807, 2.05) is 21.5 Å². The molecule has 184 valence electrons. The first kappa shape index (κ1) is 24.8. The van der Waals surface area contributed by atoms with E-state index < -0.39 is 0 Å². The van der Waals surface area contributed by atoms with Gasteiger partial charge in [-0.2, -0.15) is 0 Å². The third-order valence-electron chi connectivity index (χ3n) is 6.25. The molecular weight excluding hydrogens is 436 g/mol.